The van der Waals surface area contributed by atoms with Crippen molar-refractivity contribution in [2.24, 2.45) is 11.8 Å². The minimum atomic E-state index is -0.398. The number of carbonyl (C=O) groups excluding carboxylic acids is 3. The van der Waals surface area contributed by atoms with E-state index in [-0.39, 0.29) is 23.6 Å². The lowest BCUT2D eigenvalue weighted by Crippen LogP contribution is -2.30. The monoisotopic (exact) mass is 458 g/mol. The maximum atomic E-state index is 12.7. The number of anilines is 2. The van der Waals surface area contributed by atoms with Crippen LogP contribution >= 0.6 is 27.5 Å². The van der Waals surface area contributed by atoms with E-state index in [1.54, 1.807) is 36.4 Å². The van der Waals surface area contributed by atoms with Gasteiger partial charge in [0.2, 0.25) is 11.8 Å². The first-order chi connectivity index (χ1) is 13.4. The second kappa shape index (κ2) is 7.53. The molecular formula is C21H16BrClN2O3. The quantitative estimate of drug-likeness (QED) is 0.675. The summed E-state index contributed by atoms with van der Waals surface area (Å²) in [4.78, 5) is 39.0. The molecule has 0 radical (unpaired) electrons. The topological polar surface area (TPSA) is 66.5 Å². The minimum absolute atomic E-state index is 0.206. The lowest BCUT2D eigenvalue weighted by molar-refractivity contribution is -0.122. The van der Waals surface area contributed by atoms with E-state index in [0.29, 0.717) is 34.8 Å². The number of nitrogens with zero attached hydrogens (tertiary/aromatic N) is 1. The Morgan fingerprint density at radius 1 is 1.00 bits per heavy atom. The van der Waals surface area contributed by atoms with Crippen LogP contribution in [0.5, 0.6) is 0 Å². The highest BCUT2D eigenvalue weighted by molar-refractivity contribution is 9.10. The predicted molar refractivity (Wildman–Crippen MR) is 111 cm³/mol. The summed E-state index contributed by atoms with van der Waals surface area (Å²) in [5.41, 5.74) is 1.59. The predicted octanol–water partition coefficient (Wildman–Crippen LogP) is 4.72. The van der Waals surface area contributed by atoms with E-state index < -0.39 is 5.92 Å². The maximum Gasteiger partial charge on any atom is 0.255 e. The van der Waals surface area contributed by atoms with Gasteiger partial charge in [0, 0.05) is 20.8 Å². The van der Waals surface area contributed by atoms with Gasteiger partial charge < -0.3 is 5.32 Å². The zero-order valence-electron chi connectivity index (χ0n) is 14.7. The highest BCUT2D eigenvalue weighted by Crippen LogP contribution is 2.40. The molecule has 0 saturated carbocycles. The lowest BCUT2D eigenvalue weighted by atomic mass is 9.85. The van der Waals surface area contributed by atoms with Gasteiger partial charge in [0.25, 0.3) is 5.91 Å². The zero-order valence-corrected chi connectivity index (χ0v) is 17.0. The number of halogens is 2. The van der Waals surface area contributed by atoms with E-state index in [4.69, 9.17) is 11.6 Å². The van der Waals surface area contributed by atoms with E-state index >= 15 is 0 Å². The number of imide groups is 1. The molecule has 2 aromatic carbocycles. The third-order valence-electron chi connectivity index (χ3n) is 5.06. The average Bonchev–Trinajstić information content (AvgIpc) is 2.93. The molecule has 2 aliphatic rings. The number of hydrogen-bond acceptors (Lipinski definition) is 3. The molecule has 7 heteroatoms. The number of nitrogens with one attached hydrogen (secondary N) is 1. The Labute approximate surface area is 175 Å². The van der Waals surface area contributed by atoms with Gasteiger partial charge in [-0.3, -0.25) is 19.3 Å². The molecule has 4 rings (SSSR count). The molecule has 1 saturated heterocycles. The third-order valence-corrected chi connectivity index (χ3v) is 5.90. The highest BCUT2D eigenvalue weighted by Gasteiger charge is 2.48. The minimum Gasteiger partial charge on any atom is -0.322 e. The van der Waals surface area contributed by atoms with E-state index in [0.717, 1.165) is 4.47 Å². The Balaban J connectivity index is 1.50. The Kier molecular flexibility index (Phi) is 5.08. The number of benzene rings is 2. The van der Waals surface area contributed by atoms with Crippen LogP contribution in [0, 0.1) is 11.8 Å². The van der Waals surface area contributed by atoms with Crippen LogP contribution in [0.1, 0.15) is 23.2 Å². The summed E-state index contributed by atoms with van der Waals surface area (Å²) in [5, 5.41) is 3.44. The normalized spacial score (nSPS) is 21.4. The largest absolute Gasteiger partial charge is 0.322 e. The molecule has 1 N–H and O–H groups in total. The van der Waals surface area contributed by atoms with Crippen LogP contribution in [0.25, 0.3) is 0 Å². The molecule has 3 amide bonds. The van der Waals surface area contributed by atoms with Gasteiger partial charge in [-0.25, -0.2) is 0 Å². The molecule has 1 aliphatic carbocycles. The van der Waals surface area contributed by atoms with Crippen molar-refractivity contribution in [3.8, 4) is 0 Å². The molecule has 0 spiro atoms. The maximum absolute atomic E-state index is 12.7. The van der Waals surface area contributed by atoms with Crippen molar-refractivity contribution in [2.45, 2.75) is 12.8 Å². The summed E-state index contributed by atoms with van der Waals surface area (Å²) in [6.45, 7) is 0. The Morgan fingerprint density at radius 3 is 2.32 bits per heavy atom. The molecule has 0 unspecified atom stereocenters. The van der Waals surface area contributed by atoms with Crippen LogP contribution in [-0.2, 0) is 9.59 Å². The van der Waals surface area contributed by atoms with E-state index in [2.05, 4.69) is 21.2 Å². The van der Waals surface area contributed by atoms with E-state index in [1.165, 1.54) is 4.90 Å². The summed E-state index contributed by atoms with van der Waals surface area (Å²) in [6, 6.07) is 13.7. The van der Waals surface area contributed by atoms with Gasteiger partial charge in [0.15, 0.2) is 0 Å². The number of hydrogen-bond donors (Lipinski definition) is 1. The Morgan fingerprint density at radius 2 is 1.64 bits per heavy atom. The van der Waals surface area contributed by atoms with Crippen molar-refractivity contribution >= 4 is 56.6 Å². The van der Waals surface area contributed by atoms with Gasteiger partial charge >= 0.3 is 0 Å². The molecule has 0 aromatic heterocycles. The van der Waals surface area contributed by atoms with Crippen LogP contribution in [0.4, 0.5) is 11.4 Å². The fourth-order valence-corrected chi connectivity index (χ4v) is 4.10. The van der Waals surface area contributed by atoms with Crippen LogP contribution in [-0.4, -0.2) is 17.7 Å². The third kappa shape index (κ3) is 3.50. The standard InChI is InChI=1S/C21H16BrClN2O3/c22-13-3-6-15(7-4-13)24-19(26)12-1-8-16(9-2-12)25-20(27)17-10-5-14(23)11-18(17)21(25)28/h1-9,17-18H,10-11H2,(H,24,26)/t17-,18-/m0/s1. The fraction of sp³-hybridized carbons (Fsp3) is 0.190. The second-order valence-electron chi connectivity index (χ2n) is 6.82. The van der Waals surface area contributed by atoms with Crippen LogP contribution in [0.3, 0.4) is 0 Å². The Bertz CT molecular complexity index is 986. The smallest absolute Gasteiger partial charge is 0.255 e. The van der Waals surface area contributed by atoms with Gasteiger partial charge in [-0.15, -0.1) is 0 Å². The van der Waals surface area contributed by atoms with Crippen LogP contribution in [0.15, 0.2) is 64.1 Å². The van der Waals surface area contributed by atoms with Crippen LogP contribution in [0.2, 0.25) is 0 Å². The number of rotatable bonds is 3. The van der Waals surface area contributed by atoms with Gasteiger partial charge in [-0.05, 0) is 61.4 Å². The van der Waals surface area contributed by atoms with Crippen molar-refractivity contribution < 1.29 is 14.4 Å². The van der Waals surface area contributed by atoms with Crippen molar-refractivity contribution in [3.05, 3.63) is 69.7 Å². The molecule has 2 aromatic rings. The second-order valence-corrected chi connectivity index (χ2v) is 8.22. The molecule has 2 atom stereocenters. The van der Waals surface area contributed by atoms with Gasteiger partial charge in [-0.2, -0.15) is 0 Å². The van der Waals surface area contributed by atoms with Gasteiger partial charge in [0.1, 0.15) is 0 Å². The summed E-state index contributed by atoms with van der Waals surface area (Å²) in [7, 11) is 0. The molecule has 5 nitrogen and oxygen atoms in total. The molecule has 1 aliphatic heterocycles. The van der Waals surface area contributed by atoms with Crippen molar-refractivity contribution in [1.82, 2.24) is 0 Å². The first-order valence-electron chi connectivity index (χ1n) is 8.83. The SMILES string of the molecule is O=C(Nc1ccc(Br)cc1)c1ccc(N2C(=O)[C@H]3CC=C(Cl)C[C@@H]3C2=O)cc1. The number of carbonyl (C=O) groups is 3. The van der Waals surface area contributed by atoms with Gasteiger partial charge in [0.05, 0.1) is 17.5 Å². The van der Waals surface area contributed by atoms with Crippen molar-refractivity contribution in [1.29, 1.82) is 0 Å². The molecular weight excluding hydrogens is 444 g/mol. The molecule has 1 fully saturated rings. The Hall–Kier alpha value is -2.44. The summed E-state index contributed by atoms with van der Waals surface area (Å²) >= 11 is 9.40. The zero-order chi connectivity index (χ0) is 19.8. The highest BCUT2D eigenvalue weighted by atomic mass is 79.9. The first kappa shape index (κ1) is 18.9. The molecule has 1 heterocycles. The van der Waals surface area contributed by atoms with Crippen LogP contribution < -0.4 is 10.2 Å². The average molecular weight is 460 g/mol. The van der Waals surface area contributed by atoms with Gasteiger partial charge in [-0.1, -0.05) is 33.6 Å². The first-order valence-corrected chi connectivity index (χ1v) is 10.0. The number of allylic oxidation sites excluding steroid dienone is 2. The lowest BCUT2D eigenvalue weighted by Gasteiger charge is -2.17. The number of fused-ring (bicyclic) bond motifs is 1. The molecule has 142 valence electrons. The molecule has 0 bridgehead atoms. The number of amides is 3. The molecule has 28 heavy (non-hydrogen) atoms. The van der Waals surface area contributed by atoms with Crippen molar-refractivity contribution in [2.75, 3.05) is 10.2 Å². The van der Waals surface area contributed by atoms with E-state index in [9.17, 15) is 14.4 Å². The van der Waals surface area contributed by atoms with Crippen molar-refractivity contribution in [3.63, 3.8) is 0 Å². The summed E-state index contributed by atoms with van der Waals surface area (Å²) < 4.78 is 0.923. The fourth-order valence-electron chi connectivity index (χ4n) is 3.58. The van der Waals surface area contributed by atoms with E-state index in [1.807, 2.05) is 18.2 Å². The summed E-state index contributed by atoms with van der Waals surface area (Å²) in [6.07, 6.45) is 2.70. The summed E-state index contributed by atoms with van der Waals surface area (Å²) in [5.74, 6) is -1.45.